The molecule has 7 nitrogen and oxygen atoms in total. The van der Waals surface area contributed by atoms with E-state index in [0.717, 1.165) is 5.56 Å². The average Bonchev–Trinajstić information content (AvgIpc) is 2.58. The Morgan fingerprint density at radius 1 is 1.17 bits per heavy atom. The minimum absolute atomic E-state index is 0.127. The molecule has 0 saturated carbocycles. The van der Waals surface area contributed by atoms with E-state index in [9.17, 15) is 15.0 Å². The lowest BCUT2D eigenvalue weighted by molar-refractivity contribution is 0.0160. The summed E-state index contributed by atoms with van der Waals surface area (Å²) in [5.41, 5.74) is 6.61. The number of carbonyl (C=O) groups excluding carboxylic acids is 1. The molecule has 1 amide bonds. The minimum Gasteiger partial charge on any atom is -0.445 e. The quantitative estimate of drug-likeness (QED) is 0.631. The largest absolute Gasteiger partial charge is 0.445 e. The van der Waals surface area contributed by atoms with Gasteiger partial charge in [-0.2, -0.15) is 0 Å². The fourth-order valence-corrected chi connectivity index (χ4v) is 1.90. The first-order valence-electron chi connectivity index (χ1n) is 7.09. The number of benzene rings is 1. The lowest BCUT2D eigenvalue weighted by Crippen LogP contribution is -2.36. The molecule has 7 heteroatoms. The van der Waals surface area contributed by atoms with E-state index >= 15 is 0 Å². The summed E-state index contributed by atoms with van der Waals surface area (Å²) in [6, 6.07) is 13.9. The van der Waals surface area contributed by atoms with Gasteiger partial charge in [0.1, 0.15) is 24.6 Å². The van der Waals surface area contributed by atoms with Gasteiger partial charge in [-0.25, -0.2) is 9.78 Å². The molecular formula is C16H19N3O4. The number of pyridine rings is 1. The van der Waals surface area contributed by atoms with Crippen LogP contribution in [0.2, 0.25) is 0 Å². The Labute approximate surface area is 133 Å². The zero-order valence-corrected chi connectivity index (χ0v) is 12.4. The third-order valence-electron chi connectivity index (χ3n) is 3.13. The molecule has 2 unspecified atom stereocenters. The standard InChI is InChI=1S/C16H19N3O4/c17-14-8-4-7-12(19-14)15(21)13(20)9-18-16(22)23-10-11-5-2-1-3-6-11/h1-8,13,15,20-21H,9-10H2,(H2,17,19)(H,18,22). The van der Waals surface area contributed by atoms with Crippen LogP contribution in [0.5, 0.6) is 0 Å². The van der Waals surface area contributed by atoms with Crippen LogP contribution in [0.4, 0.5) is 10.6 Å². The lowest BCUT2D eigenvalue weighted by Gasteiger charge is -2.18. The highest BCUT2D eigenvalue weighted by Crippen LogP contribution is 2.15. The number of anilines is 1. The number of aliphatic hydroxyl groups is 2. The number of aromatic nitrogens is 1. The van der Waals surface area contributed by atoms with Crippen LogP contribution in [0.3, 0.4) is 0 Å². The van der Waals surface area contributed by atoms with Gasteiger partial charge in [0.2, 0.25) is 0 Å². The Morgan fingerprint density at radius 2 is 1.91 bits per heavy atom. The van der Waals surface area contributed by atoms with Gasteiger partial charge < -0.3 is 26.0 Å². The molecule has 0 radical (unpaired) electrons. The van der Waals surface area contributed by atoms with Crippen LogP contribution in [0.15, 0.2) is 48.5 Å². The molecule has 2 aromatic rings. The highest BCUT2D eigenvalue weighted by atomic mass is 16.5. The van der Waals surface area contributed by atoms with Crippen molar-refractivity contribution in [3.63, 3.8) is 0 Å². The number of hydrogen-bond donors (Lipinski definition) is 4. The molecule has 0 aliphatic rings. The van der Waals surface area contributed by atoms with Gasteiger partial charge in [0.15, 0.2) is 0 Å². The maximum atomic E-state index is 11.6. The molecule has 23 heavy (non-hydrogen) atoms. The second kappa shape index (κ2) is 8.11. The van der Waals surface area contributed by atoms with E-state index in [1.54, 1.807) is 12.1 Å². The van der Waals surface area contributed by atoms with E-state index in [2.05, 4.69) is 10.3 Å². The number of aliphatic hydroxyl groups excluding tert-OH is 2. The molecule has 5 N–H and O–H groups in total. The highest BCUT2D eigenvalue weighted by molar-refractivity contribution is 5.67. The van der Waals surface area contributed by atoms with E-state index in [0.29, 0.717) is 0 Å². The molecular weight excluding hydrogens is 298 g/mol. The molecule has 2 atom stereocenters. The first-order chi connectivity index (χ1) is 11.1. The molecule has 0 spiro atoms. The molecule has 2 rings (SSSR count). The summed E-state index contributed by atoms with van der Waals surface area (Å²) in [5.74, 6) is 0.240. The molecule has 0 saturated heterocycles. The summed E-state index contributed by atoms with van der Waals surface area (Å²) in [6.45, 7) is -0.0482. The summed E-state index contributed by atoms with van der Waals surface area (Å²) >= 11 is 0. The molecule has 122 valence electrons. The van der Waals surface area contributed by atoms with E-state index in [-0.39, 0.29) is 24.7 Å². The summed E-state index contributed by atoms with van der Waals surface area (Å²) < 4.78 is 5.00. The van der Waals surface area contributed by atoms with Crippen molar-refractivity contribution in [3.8, 4) is 0 Å². The van der Waals surface area contributed by atoms with E-state index in [4.69, 9.17) is 10.5 Å². The third kappa shape index (κ3) is 5.24. The van der Waals surface area contributed by atoms with Crippen molar-refractivity contribution in [2.45, 2.75) is 18.8 Å². The number of ether oxygens (including phenoxy) is 1. The molecule has 0 aliphatic heterocycles. The second-order valence-corrected chi connectivity index (χ2v) is 4.94. The number of nitrogen functional groups attached to an aromatic ring is 1. The summed E-state index contributed by atoms with van der Waals surface area (Å²) in [5, 5.41) is 22.3. The average molecular weight is 317 g/mol. The van der Waals surface area contributed by atoms with Crippen molar-refractivity contribution in [3.05, 3.63) is 59.8 Å². The van der Waals surface area contributed by atoms with Gasteiger partial charge >= 0.3 is 6.09 Å². The Morgan fingerprint density at radius 3 is 2.61 bits per heavy atom. The SMILES string of the molecule is Nc1cccc(C(O)C(O)CNC(=O)OCc2ccccc2)n1. The van der Waals surface area contributed by atoms with Crippen molar-refractivity contribution >= 4 is 11.9 Å². The number of amides is 1. The monoisotopic (exact) mass is 317 g/mol. The predicted molar refractivity (Wildman–Crippen MR) is 84.2 cm³/mol. The maximum absolute atomic E-state index is 11.6. The van der Waals surface area contributed by atoms with Crippen molar-refractivity contribution in [1.82, 2.24) is 10.3 Å². The zero-order valence-electron chi connectivity index (χ0n) is 12.4. The van der Waals surface area contributed by atoms with Crippen LogP contribution < -0.4 is 11.1 Å². The van der Waals surface area contributed by atoms with Crippen LogP contribution in [0.1, 0.15) is 17.4 Å². The van der Waals surface area contributed by atoms with Crippen molar-refractivity contribution in [2.75, 3.05) is 12.3 Å². The van der Waals surface area contributed by atoms with Crippen LogP contribution in [-0.4, -0.2) is 33.9 Å². The van der Waals surface area contributed by atoms with Gasteiger partial charge in [-0.05, 0) is 17.7 Å². The normalized spacial score (nSPS) is 13.1. The van der Waals surface area contributed by atoms with Crippen LogP contribution in [0.25, 0.3) is 0 Å². The van der Waals surface area contributed by atoms with Crippen molar-refractivity contribution in [2.24, 2.45) is 0 Å². The van der Waals surface area contributed by atoms with E-state index < -0.39 is 18.3 Å². The number of alkyl carbamates (subject to hydrolysis) is 1. The Kier molecular flexibility index (Phi) is 5.90. The summed E-state index contributed by atoms with van der Waals surface area (Å²) in [4.78, 5) is 15.5. The lowest BCUT2D eigenvalue weighted by atomic mass is 10.1. The molecule has 0 fully saturated rings. The van der Waals surface area contributed by atoms with E-state index in [1.807, 2.05) is 30.3 Å². The van der Waals surface area contributed by atoms with Gasteiger partial charge in [-0.3, -0.25) is 0 Å². The highest BCUT2D eigenvalue weighted by Gasteiger charge is 2.20. The summed E-state index contributed by atoms with van der Waals surface area (Å²) in [6.07, 6.45) is -3.16. The Balaban J connectivity index is 1.77. The van der Waals surface area contributed by atoms with Gasteiger partial charge in [0.05, 0.1) is 5.69 Å². The number of nitrogens with zero attached hydrogens (tertiary/aromatic N) is 1. The second-order valence-electron chi connectivity index (χ2n) is 4.94. The minimum atomic E-state index is -1.26. The van der Waals surface area contributed by atoms with Crippen LogP contribution >= 0.6 is 0 Å². The van der Waals surface area contributed by atoms with Crippen LogP contribution in [0, 0.1) is 0 Å². The Bertz CT molecular complexity index is 636. The number of rotatable bonds is 6. The fraction of sp³-hybridized carbons (Fsp3) is 0.250. The smallest absolute Gasteiger partial charge is 0.407 e. The number of hydrogen-bond acceptors (Lipinski definition) is 6. The van der Waals surface area contributed by atoms with Gasteiger partial charge in [0.25, 0.3) is 0 Å². The van der Waals surface area contributed by atoms with Gasteiger partial charge in [-0.15, -0.1) is 0 Å². The molecule has 0 bridgehead atoms. The first kappa shape index (κ1) is 16.7. The molecule has 0 aliphatic carbocycles. The van der Waals surface area contributed by atoms with Crippen molar-refractivity contribution in [1.29, 1.82) is 0 Å². The zero-order chi connectivity index (χ0) is 16.7. The van der Waals surface area contributed by atoms with Gasteiger partial charge in [-0.1, -0.05) is 36.4 Å². The maximum Gasteiger partial charge on any atom is 0.407 e. The van der Waals surface area contributed by atoms with E-state index in [1.165, 1.54) is 6.07 Å². The molecule has 1 heterocycles. The van der Waals surface area contributed by atoms with Gasteiger partial charge in [0, 0.05) is 6.54 Å². The van der Waals surface area contributed by atoms with Crippen molar-refractivity contribution < 1.29 is 19.7 Å². The van der Waals surface area contributed by atoms with Crippen LogP contribution in [-0.2, 0) is 11.3 Å². The Hall–Kier alpha value is -2.64. The fourth-order valence-electron chi connectivity index (χ4n) is 1.90. The first-order valence-corrected chi connectivity index (χ1v) is 7.09. The predicted octanol–water partition coefficient (Wildman–Crippen LogP) is 0.984. The topological polar surface area (TPSA) is 118 Å². The molecule has 1 aromatic carbocycles. The number of nitrogens with one attached hydrogen (secondary N) is 1. The number of carbonyl (C=O) groups is 1. The number of nitrogens with two attached hydrogens (primary N) is 1. The third-order valence-corrected chi connectivity index (χ3v) is 3.13. The summed E-state index contributed by atoms with van der Waals surface area (Å²) in [7, 11) is 0. The molecule has 1 aromatic heterocycles.